The molecule has 1 atom stereocenters. The lowest BCUT2D eigenvalue weighted by molar-refractivity contribution is 0.384. The Morgan fingerprint density at radius 2 is 1.71 bits per heavy atom. The van der Waals surface area contributed by atoms with Crippen LogP contribution in [0.2, 0.25) is 0 Å². The second-order valence-corrected chi connectivity index (χ2v) is 10.9. The predicted octanol–water partition coefficient (Wildman–Crippen LogP) is 3.98. The van der Waals surface area contributed by atoms with Crippen molar-refractivity contribution in [3.8, 4) is 0 Å². The van der Waals surface area contributed by atoms with Crippen molar-refractivity contribution in [2.24, 2.45) is 0 Å². The van der Waals surface area contributed by atoms with Crippen LogP contribution in [0, 0.1) is 20.8 Å². The maximum Gasteiger partial charge on any atom is 0.213 e. The highest BCUT2D eigenvalue weighted by Crippen LogP contribution is 2.29. The Balaban J connectivity index is 1.99. The second kappa shape index (κ2) is 9.65. The SMILES string of the molecule is CC[C@@H](C)c1nc(C)c(Cc2cc(C)ccc2C)c(N2CCN(S(=O)(=O)CC)CC2)n1. The molecule has 0 unspecified atom stereocenters. The van der Waals surface area contributed by atoms with Crippen molar-refractivity contribution in [1.29, 1.82) is 0 Å². The van der Waals surface area contributed by atoms with Crippen molar-refractivity contribution >= 4 is 15.8 Å². The Morgan fingerprint density at radius 1 is 1.03 bits per heavy atom. The van der Waals surface area contributed by atoms with Crippen LogP contribution in [0.5, 0.6) is 0 Å². The van der Waals surface area contributed by atoms with Crippen LogP contribution < -0.4 is 4.90 Å². The van der Waals surface area contributed by atoms with Crippen LogP contribution in [0.15, 0.2) is 18.2 Å². The summed E-state index contributed by atoms with van der Waals surface area (Å²) in [5, 5.41) is 0. The van der Waals surface area contributed by atoms with E-state index in [1.807, 2.05) is 0 Å². The summed E-state index contributed by atoms with van der Waals surface area (Å²) in [6.07, 6.45) is 1.76. The van der Waals surface area contributed by atoms with E-state index in [1.54, 1.807) is 11.2 Å². The molecule has 7 heteroatoms. The molecule has 6 nitrogen and oxygen atoms in total. The summed E-state index contributed by atoms with van der Waals surface area (Å²) in [5.74, 6) is 2.28. The van der Waals surface area contributed by atoms with Gasteiger partial charge in [-0.15, -0.1) is 0 Å². The molecule has 2 heterocycles. The van der Waals surface area contributed by atoms with Gasteiger partial charge >= 0.3 is 0 Å². The van der Waals surface area contributed by atoms with Gasteiger partial charge in [-0.25, -0.2) is 18.4 Å². The van der Waals surface area contributed by atoms with Crippen LogP contribution in [-0.2, 0) is 16.4 Å². The first-order valence-corrected chi connectivity index (χ1v) is 12.9. The van der Waals surface area contributed by atoms with Gasteiger partial charge in [0.25, 0.3) is 0 Å². The van der Waals surface area contributed by atoms with Gasteiger partial charge in [-0.05, 0) is 45.2 Å². The highest BCUT2D eigenvalue weighted by Gasteiger charge is 2.28. The molecule has 1 aromatic carbocycles. The zero-order chi connectivity index (χ0) is 22.8. The van der Waals surface area contributed by atoms with Crippen LogP contribution in [-0.4, -0.2) is 54.6 Å². The number of anilines is 1. The number of rotatable bonds is 7. The Bertz CT molecular complexity index is 1030. The summed E-state index contributed by atoms with van der Waals surface area (Å²) in [6, 6.07) is 6.55. The first-order valence-electron chi connectivity index (χ1n) is 11.3. The summed E-state index contributed by atoms with van der Waals surface area (Å²) in [5.41, 5.74) is 5.96. The minimum absolute atomic E-state index is 0.148. The van der Waals surface area contributed by atoms with Gasteiger partial charge in [0.2, 0.25) is 10.0 Å². The highest BCUT2D eigenvalue weighted by atomic mass is 32.2. The van der Waals surface area contributed by atoms with Crippen LogP contribution in [0.1, 0.15) is 66.9 Å². The van der Waals surface area contributed by atoms with E-state index in [9.17, 15) is 8.42 Å². The van der Waals surface area contributed by atoms with E-state index in [4.69, 9.17) is 9.97 Å². The van der Waals surface area contributed by atoms with Gasteiger partial charge in [0, 0.05) is 49.8 Å². The van der Waals surface area contributed by atoms with Crippen molar-refractivity contribution in [2.45, 2.75) is 60.3 Å². The third-order valence-electron chi connectivity index (χ3n) is 6.43. The van der Waals surface area contributed by atoms with E-state index in [0.29, 0.717) is 26.2 Å². The number of hydrogen-bond donors (Lipinski definition) is 0. The standard InChI is InChI=1S/C24H36N4O2S/c1-7-18(4)23-25-20(6)22(16-21-15-17(3)9-10-19(21)5)24(26-23)27-11-13-28(14-12-27)31(29,30)8-2/h9-10,15,18H,7-8,11-14,16H2,1-6H3/t18-/m1/s1. The third-order valence-corrected chi connectivity index (χ3v) is 8.31. The lowest BCUT2D eigenvalue weighted by atomic mass is 9.97. The molecule has 0 bridgehead atoms. The van der Waals surface area contributed by atoms with Crippen LogP contribution in [0.4, 0.5) is 5.82 Å². The average molecular weight is 445 g/mol. The highest BCUT2D eigenvalue weighted by molar-refractivity contribution is 7.89. The summed E-state index contributed by atoms with van der Waals surface area (Å²) < 4.78 is 26.2. The quantitative estimate of drug-likeness (QED) is 0.646. The van der Waals surface area contributed by atoms with E-state index < -0.39 is 10.0 Å². The maximum atomic E-state index is 12.3. The zero-order valence-corrected chi connectivity index (χ0v) is 20.6. The van der Waals surface area contributed by atoms with Gasteiger partial charge in [0.05, 0.1) is 5.75 Å². The monoisotopic (exact) mass is 444 g/mol. The summed E-state index contributed by atoms with van der Waals surface area (Å²) in [7, 11) is -3.16. The van der Waals surface area contributed by atoms with E-state index in [0.717, 1.165) is 35.7 Å². The number of nitrogens with zero attached hydrogens (tertiary/aromatic N) is 4. The molecule has 31 heavy (non-hydrogen) atoms. The lowest BCUT2D eigenvalue weighted by Gasteiger charge is -2.36. The van der Waals surface area contributed by atoms with Crippen LogP contribution in [0.3, 0.4) is 0 Å². The summed E-state index contributed by atoms with van der Waals surface area (Å²) in [6.45, 7) is 14.7. The number of sulfonamides is 1. The topological polar surface area (TPSA) is 66.4 Å². The molecular formula is C24H36N4O2S. The molecule has 0 saturated carbocycles. The third kappa shape index (κ3) is 5.26. The fourth-order valence-electron chi connectivity index (χ4n) is 4.02. The van der Waals surface area contributed by atoms with E-state index >= 15 is 0 Å². The summed E-state index contributed by atoms with van der Waals surface area (Å²) >= 11 is 0. The zero-order valence-electron chi connectivity index (χ0n) is 19.8. The van der Waals surface area contributed by atoms with Crippen molar-refractivity contribution in [3.05, 3.63) is 52.0 Å². The van der Waals surface area contributed by atoms with Crippen LogP contribution in [0.25, 0.3) is 0 Å². The normalized spacial score (nSPS) is 16.5. The number of aryl methyl sites for hydroxylation is 3. The molecule has 1 aliphatic heterocycles. The number of benzene rings is 1. The van der Waals surface area contributed by atoms with Gasteiger partial charge < -0.3 is 4.90 Å². The lowest BCUT2D eigenvalue weighted by Crippen LogP contribution is -2.49. The number of piperazine rings is 1. The molecule has 2 aromatic rings. The molecule has 170 valence electrons. The minimum Gasteiger partial charge on any atom is -0.354 e. The number of aromatic nitrogens is 2. The Hall–Kier alpha value is -1.99. The fraction of sp³-hybridized carbons (Fsp3) is 0.583. The smallest absolute Gasteiger partial charge is 0.213 e. The molecule has 1 saturated heterocycles. The molecule has 1 fully saturated rings. The van der Waals surface area contributed by atoms with Crippen molar-refractivity contribution in [3.63, 3.8) is 0 Å². The van der Waals surface area contributed by atoms with Gasteiger partial charge in [-0.1, -0.05) is 37.6 Å². The van der Waals surface area contributed by atoms with Gasteiger partial charge in [0.1, 0.15) is 11.6 Å². The van der Waals surface area contributed by atoms with E-state index in [2.05, 4.69) is 57.7 Å². The van der Waals surface area contributed by atoms with E-state index in [-0.39, 0.29) is 11.7 Å². The Kier molecular flexibility index (Phi) is 7.37. The molecule has 3 rings (SSSR count). The van der Waals surface area contributed by atoms with Gasteiger partial charge in [-0.3, -0.25) is 0 Å². The van der Waals surface area contributed by atoms with Crippen molar-refractivity contribution < 1.29 is 8.42 Å². The largest absolute Gasteiger partial charge is 0.354 e. The molecule has 0 radical (unpaired) electrons. The molecule has 0 aliphatic carbocycles. The summed E-state index contributed by atoms with van der Waals surface area (Å²) in [4.78, 5) is 12.2. The molecule has 1 aromatic heterocycles. The first kappa shape index (κ1) is 23.7. The van der Waals surface area contributed by atoms with Crippen molar-refractivity contribution in [2.75, 3.05) is 36.8 Å². The average Bonchev–Trinajstić information content (AvgIpc) is 2.76. The Labute approximate surface area is 187 Å². The van der Waals surface area contributed by atoms with Crippen molar-refractivity contribution in [1.82, 2.24) is 14.3 Å². The van der Waals surface area contributed by atoms with Gasteiger partial charge in [0.15, 0.2) is 0 Å². The second-order valence-electron chi connectivity index (χ2n) is 8.67. The maximum absolute atomic E-state index is 12.3. The first-order chi connectivity index (χ1) is 14.7. The Morgan fingerprint density at radius 3 is 2.32 bits per heavy atom. The molecule has 0 amide bonds. The predicted molar refractivity (Wildman–Crippen MR) is 127 cm³/mol. The molecular weight excluding hydrogens is 408 g/mol. The van der Waals surface area contributed by atoms with Gasteiger partial charge in [-0.2, -0.15) is 4.31 Å². The molecule has 0 spiro atoms. The molecule has 0 N–H and O–H groups in total. The van der Waals surface area contributed by atoms with Crippen LogP contribution >= 0.6 is 0 Å². The number of hydrogen-bond acceptors (Lipinski definition) is 5. The van der Waals surface area contributed by atoms with E-state index in [1.165, 1.54) is 16.7 Å². The minimum atomic E-state index is -3.16. The molecule has 1 aliphatic rings. The fourth-order valence-corrected chi connectivity index (χ4v) is 5.10.